The molecule has 1 fully saturated rings. The fourth-order valence-electron chi connectivity index (χ4n) is 1.37. The Kier molecular flexibility index (Phi) is 3.57. The molecular formula is C8H14N2O2. The molecule has 1 heterocycles. The maximum Gasteiger partial charge on any atom is 0.222 e. The molecule has 0 aliphatic carbocycles. The predicted molar refractivity (Wildman–Crippen MR) is 44.5 cm³/mol. The lowest BCUT2D eigenvalue weighted by Crippen LogP contribution is -2.28. The van der Waals surface area contributed by atoms with Crippen LogP contribution >= 0.6 is 0 Å². The summed E-state index contributed by atoms with van der Waals surface area (Å²) in [4.78, 5) is 22.8. The van der Waals surface area contributed by atoms with E-state index >= 15 is 0 Å². The third kappa shape index (κ3) is 2.53. The molecule has 1 rings (SSSR count). The van der Waals surface area contributed by atoms with E-state index in [1.54, 1.807) is 0 Å². The van der Waals surface area contributed by atoms with Crippen molar-refractivity contribution in [1.82, 2.24) is 10.2 Å². The van der Waals surface area contributed by atoms with Gasteiger partial charge in [0.1, 0.15) is 0 Å². The van der Waals surface area contributed by atoms with Gasteiger partial charge in [-0.05, 0) is 12.8 Å². The third-order valence-corrected chi connectivity index (χ3v) is 2.00. The van der Waals surface area contributed by atoms with E-state index in [4.69, 9.17) is 0 Å². The smallest absolute Gasteiger partial charge is 0.222 e. The Hall–Kier alpha value is -1.06. The topological polar surface area (TPSA) is 49.4 Å². The number of hydrogen-bond acceptors (Lipinski definition) is 2. The summed E-state index contributed by atoms with van der Waals surface area (Å²) in [6, 6.07) is 0. The highest BCUT2D eigenvalue weighted by atomic mass is 16.2. The van der Waals surface area contributed by atoms with Crippen molar-refractivity contribution in [2.75, 3.05) is 19.6 Å². The van der Waals surface area contributed by atoms with Gasteiger partial charge in [0.05, 0.1) is 0 Å². The van der Waals surface area contributed by atoms with Crippen LogP contribution in [0.25, 0.3) is 0 Å². The van der Waals surface area contributed by atoms with Crippen molar-refractivity contribution in [1.29, 1.82) is 0 Å². The monoisotopic (exact) mass is 170 g/mol. The molecule has 0 saturated carbocycles. The molecule has 1 N–H and O–H groups in total. The summed E-state index contributed by atoms with van der Waals surface area (Å²) in [6.45, 7) is 2.33. The maximum atomic E-state index is 11.1. The van der Waals surface area contributed by atoms with Gasteiger partial charge in [-0.3, -0.25) is 9.59 Å². The van der Waals surface area contributed by atoms with Gasteiger partial charge in [-0.2, -0.15) is 0 Å². The molecule has 1 aliphatic heterocycles. The van der Waals surface area contributed by atoms with E-state index in [-0.39, 0.29) is 5.91 Å². The largest absolute Gasteiger partial charge is 0.359 e. The standard InChI is InChI=1S/C8H14N2O2/c11-7-9-4-2-6-10-5-1-3-8(10)12/h7H,1-6H2,(H,9,11). The molecular weight excluding hydrogens is 156 g/mol. The summed E-state index contributed by atoms with van der Waals surface area (Å²) >= 11 is 0. The number of hydrogen-bond donors (Lipinski definition) is 1. The van der Waals surface area contributed by atoms with E-state index in [1.165, 1.54) is 0 Å². The van der Waals surface area contributed by atoms with Gasteiger partial charge in [-0.25, -0.2) is 0 Å². The van der Waals surface area contributed by atoms with Crippen molar-refractivity contribution in [2.45, 2.75) is 19.3 Å². The zero-order valence-corrected chi connectivity index (χ0v) is 7.08. The van der Waals surface area contributed by atoms with Crippen LogP contribution in [-0.2, 0) is 9.59 Å². The van der Waals surface area contributed by atoms with Gasteiger partial charge in [-0.15, -0.1) is 0 Å². The van der Waals surface area contributed by atoms with E-state index in [9.17, 15) is 9.59 Å². The highest BCUT2D eigenvalue weighted by Gasteiger charge is 2.18. The Bertz CT molecular complexity index is 170. The molecule has 4 heteroatoms. The molecule has 0 radical (unpaired) electrons. The normalized spacial score (nSPS) is 16.7. The number of nitrogens with zero attached hydrogens (tertiary/aromatic N) is 1. The number of rotatable bonds is 5. The molecule has 0 aromatic carbocycles. The first-order valence-electron chi connectivity index (χ1n) is 4.29. The van der Waals surface area contributed by atoms with Crippen molar-refractivity contribution in [2.24, 2.45) is 0 Å². The van der Waals surface area contributed by atoms with E-state index in [2.05, 4.69) is 5.32 Å². The van der Waals surface area contributed by atoms with Crippen LogP contribution in [0.3, 0.4) is 0 Å². The van der Waals surface area contributed by atoms with E-state index < -0.39 is 0 Å². The molecule has 4 nitrogen and oxygen atoms in total. The summed E-state index contributed by atoms with van der Waals surface area (Å²) in [6.07, 6.45) is 3.22. The van der Waals surface area contributed by atoms with Crippen LogP contribution in [-0.4, -0.2) is 36.9 Å². The summed E-state index contributed by atoms with van der Waals surface area (Å²) in [5.41, 5.74) is 0. The number of likely N-dealkylation sites (tertiary alicyclic amines) is 1. The molecule has 68 valence electrons. The minimum atomic E-state index is 0.251. The van der Waals surface area contributed by atoms with Crippen LogP contribution in [0.5, 0.6) is 0 Å². The Morgan fingerprint density at radius 2 is 2.42 bits per heavy atom. The van der Waals surface area contributed by atoms with E-state index in [0.717, 1.165) is 25.9 Å². The van der Waals surface area contributed by atoms with Gasteiger partial charge >= 0.3 is 0 Å². The number of nitrogens with one attached hydrogen (secondary N) is 1. The highest BCUT2D eigenvalue weighted by molar-refractivity contribution is 5.77. The second kappa shape index (κ2) is 4.74. The Labute approximate surface area is 71.9 Å². The maximum absolute atomic E-state index is 11.1. The number of carbonyl (C=O) groups excluding carboxylic acids is 2. The summed E-state index contributed by atoms with van der Waals surface area (Å²) in [7, 11) is 0. The lowest BCUT2D eigenvalue weighted by Gasteiger charge is -2.14. The van der Waals surface area contributed by atoms with Crippen molar-refractivity contribution >= 4 is 12.3 Å². The third-order valence-electron chi connectivity index (χ3n) is 2.00. The summed E-state index contributed by atoms with van der Waals surface area (Å²) in [5.74, 6) is 0.251. The first kappa shape index (κ1) is 9.03. The average molecular weight is 170 g/mol. The lowest BCUT2D eigenvalue weighted by molar-refractivity contribution is -0.127. The van der Waals surface area contributed by atoms with Crippen LogP contribution in [0, 0.1) is 0 Å². The first-order chi connectivity index (χ1) is 5.84. The minimum absolute atomic E-state index is 0.251. The fraction of sp³-hybridized carbons (Fsp3) is 0.750. The summed E-state index contributed by atoms with van der Waals surface area (Å²) in [5, 5.41) is 2.57. The molecule has 2 amide bonds. The second-order valence-electron chi connectivity index (χ2n) is 2.91. The Morgan fingerprint density at radius 3 is 3.00 bits per heavy atom. The first-order valence-corrected chi connectivity index (χ1v) is 4.29. The van der Waals surface area contributed by atoms with Gasteiger partial charge in [0.2, 0.25) is 12.3 Å². The fourth-order valence-corrected chi connectivity index (χ4v) is 1.37. The van der Waals surface area contributed by atoms with E-state index in [1.807, 2.05) is 4.90 Å². The van der Waals surface area contributed by atoms with Crippen molar-refractivity contribution in [3.05, 3.63) is 0 Å². The number of amides is 2. The SMILES string of the molecule is O=CNCCCN1CCCC1=O. The molecule has 0 spiro atoms. The zero-order chi connectivity index (χ0) is 8.81. The van der Waals surface area contributed by atoms with Crippen molar-refractivity contribution < 1.29 is 9.59 Å². The molecule has 0 unspecified atom stereocenters. The van der Waals surface area contributed by atoms with Gasteiger partial charge in [0.25, 0.3) is 0 Å². The van der Waals surface area contributed by atoms with Crippen LogP contribution in [0.1, 0.15) is 19.3 Å². The van der Waals surface area contributed by atoms with E-state index in [0.29, 0.717) is 19.4 Å². The summed E-state index contributed by atoms with van der Waals surface area (Å²) < 4.78 is 0. The van der Waals surface area contributed by atoms with Crippen molar-refractivity contribution in [3.63, 3.8) is 0 Å². The highest BCUT2D eigenvalue weighted by Crippen LogP contribution is 2.08. The van der Waals surface area contributed by atoms with Crippen LogP contribution in [0.2, 0.25) is 0 Å². The Balaban J connectivity index is 2.06. The van der Waals surface area contributed by atoms with Crippen LogP contribution in [0.4, 0.5) is 0 Å². The number of carbonyl (C=O) groups is 2. The molecule has 0 aromatic heterocycles. The van der Waals surface area contributed by atoms with Crippen molar-refractivity contribution in [3.8, 4) is 0 Å². The van der Waals surface area contributed by atoms with Gasteiger partial charge < -0.3 is 10.2 Å². The second-order valence-corrected chi connectivity index (χ2v) is 2.91. The lowest BCUT2D eigenvalue weighted by atomic mass is 10.4. The van der Waals surface area contributed by atoms with Crippen LogP contribution < -0.4 is 5.32 Å². The minimum Gasteiger partial charge on any atom is -0.359 e. The van der Waals surface area contributed by atoms with Gasteiger partial charge in [0, 0.05) is 26.1 Å². The quantitative estimate of drug-likeness (QED) is 0.456. The van der Waals surface area contributed by atoms with Gasteiger partial charge in [0.15, 0.2) is 0 Å². The van der Waals surface area contributed by atoms with Crippen LogP contribution in [0.15, 0.2) is 0 Å². The predicted octanol–water partition coefficient (Wildman–Crippen LogP) is -0.255. The zero-order valence-electron chi connectivity index (χ0n) is 7.08. The Morgan fingerprint density at radius 1 is 1.58 bits per heavy atom. The average Bonchev–Trinajstić information content (AvgIpc) is 2.46. The molecule has 12 heavy (non-hydrogen) atoms. The van der Waals surface area contributed by atoms with Gasteiger partial charge in [-0.1, -0.05) is 0 Å². The molecule has 1 saturated heterocycles. The molecule has 0 atom stereocenters. The molecule has 0 bridgehead atoms. The molecule has 0 aromatic rings. The molecule has 1 aliphatic rings.